The molecule has 7 nitrogen and oxygen atoms in total. The van der Waals surface area contributed by atoms with E-state index in [0.717, 1.165) is 15.4 Å². The third-order valence-corrected chi connectivity index (χ3v) is 7.74. The molecule has 0 bridgehead atoms. The molecule has 0 aliphatic carbocycles. The zero-order valence-electron chi connectivity index (χ0n) is 18.7. The Morgan fingerprint density at radius 2 is 1.81 bits per heavy atom. The lowest BCUT2D eigenvalue weighted by Crippen LogP contribution is -2.70. The Balaban J connectivity index is 2.00. The summed E-state index contributed by atoms with van der Waals surface area (Å²) in [6, 6.07) is 11.2. The van der Waals surface area contributed by atoms with Gasteiger partial charge in [-0.3, -0.25) is 14.5 Å². The van der Waals surface area contributed by atoms with Crippen LogP contribution in [0.15, 0.2) is 42.5 Å². The molecule has 1 saturated heterocycles. The maximum Gasteiger partial charge on any atom is 0.247 e. The number of carbonyl (C=O) groups is 2. The van der Waals surface area contributed by atoms with Crippen molar-refractivity contribution in [2.75, 3.05) is 23.7 Å². The monoisotopic (exact) mass is 461 g/mol. The fourth-order valence-electron chi connectivity index (χ4n) is 3.87. The maximum atomic E-state index is 13.4. The van der Waals surface area contributed by atoms with Gasteiger partial charge in [-0.2, -0.15) is 4.31 Å². The molecule has 1 fully saturated rings. The molecular weight excluding hydrogens is 433 g/mol. The summed E-state index contributed by atoms with van der Waals surface area (Å²) >= 11 is 0. The first-order valence-electron chi connectivity index (χ1n) is 10.4. The summed E-state index contributed by atoms with van der Waals surface area (Å²) in [5, 5.41) is 2.80. The van der Waals surface area contributed by atoms with Crippen LogP contribution in [0.1, 0.15) is 30.5 Å². The second-order valence-electron chi connectivity index (χ2n) is 8.20. The number of piperazine rings is 1. The van der Waals surface area contributed by atoms with Crippen molar-refractivity contribution >= 4 is 27.5 Å². The predicted molar refractivity (Wildman–Crippen MR) is 121 cm³/mol. The Morgan fingerprint density at radius 1 is 1.16 bits per heavy atom. The zero-order chi connectivity index (χ0) is 23.7. The number of nitrogens with zero attached hydrogens (tertiary/aromatic N) is 2. The third kappa shape index (κ3) is 4.54. The summed E-state index contributed by atoms with van der Waals surface area (Å²) in [5.74, 6) is -1.52. The van der Waals surface area contributed by atoms with Gasteiger partial charge >= 0.3 is 0 Å². The molecule has 0 saturated carbocycles. The van der Waals surface area contributed by atoms with Crippen molar-refractivity contribution in [1.82, 2.24) is 9.62 Å². The highest BCUT2D eigenvalue weighted by Crippen LogP contribution is 2.34. The Hall–Kier alpha value is -2.78. The van der Waals surface area contributed by atoms with E-state index in [0.29, 0.717) is 11.3 Å². The largest absolute Gasteiger partial charge is 0.350 e. The molecule has 2 aromatic rings. The highest BCUT2D eigenvalue weighted by molar-refractivity contribution is 7.89. The number of benzene rings is 2. The molecular formula is C23H28FN3O4S. The molecule has 1 aliphatic heterocycles. The van der Waals surface area contributed by atoms with Crippen LogP contribution in [0, 0.1) is 19.7 Å². The molecule has 0 spiro atoms. The first kappa shape index (κ1) is 23.9. The molecule has 32 heavy (non-hydrogen) atoms. The van der Waals surface area contributed by atoms with E-state index in [1.54, 1.807) is 31.2 Å². The number of amides is 2. The van der Waals surface area contributed by atoms with E-state index in [4.69, 9.17) is 0 Å². The topological polar surface area (TPSA) is 86.8 Å². The molecule has 2 amide bonds. The summed E-state index contributed by atoms with van der Waals surface area (Å²) in [4.78, 5) is 28.1. The Kier molecular flexibility index (Phi) is 6.71. The van der Waals surface area contributed by atoms with Gasteiger partial charge in [0.25, 0.3) is 0 Å². The van der Waals surface area contributed by atoms with E-state index >= 15 is 0 Å². The molecule has 172 valence electrons. The molecule has 0 unspecified atom stereocenters. The lowest BCUT2D eigenvalue weighted by molar-refractivity contribution is -0.133. The normalized spacial score (nSPS) is 19.8. The van der Waals surface area contributed by atoms with Crippen LogP contribution >= 0.6 is 0 Å². The van der Waals surface area contributed by atoms with Crippen LogP contribution in [-0.4, -0.2) is 48.9 Å². The summed E-state index contributed by atoms with van der Waals surface area (Å²) in [5.41, 5.74) is 1.57. The fraction of sp³-hybridized carbons (Fsp3) is 0.391. The highest BCUT2D eigenvalue weighted by Gasteiger charge is 2.50. The van der Waals surface area contributed by atoms with Crippen molar-refractivity contribution in [3.63, 3.8) is 0 Å². The molecule has 9 heteroatoms. The van der Waals surface area contributed by atoms with Gasteiger partial charge in [-0.15, -0.1) is 0 Å². The molecule has 1 N–H and O–H groups in total. The van der Waals surface area contributed by atoms with Crippen LogP contribution in [0.3, 0.4) is 0 Å². The molecule has 1 aliphatic rings. The van der Waals surface area contributed by atoms with Gasteiger partial charge in [0, 0.05) is 18.8 Å². The van der Waals surface area contributed by atoms with E-state index in [1.165, 1.54) is 24.0 Å². The van der Waals surface area contributed by atoms with Crippen LogP contribution in [0.2, 0.25) is 0 Å². The number of anilines is 1. The standard InChI is InChI=1S/C23H28FN3O4S/c1-5-32(30,31)26-14-21(28)27(20-8-6-7-16(2)17(20)3)23(4,15-26)22(29)25-13-18-9-11-19(24)12-10-18/h6-12H,5,13-15H2,1-4H3,(H,25,29)/t23-/m0/s1. The number of rotatable bonds is 6. The number of carbonyl (C=O) groups excluding carboxylic acids is 2. The third-order valence-electron chi connectivity index (χ3n) is 5.97. The van der Waals surface area contributed by atoms with Gasteiger partial charge in [-0.25, -0.2) is 12.8 Å². The molecule has 3 rings (SSSR count). The summed E-state index contributed by atoms with van der Waals surface area (Å²) in [6.07, 6.45) is 0. The Labute approximate surface area is 188 Å². The van der Waals surface area contributed by atoms with Crippen molar-refractivity contribution in [2.45, 2.75) is 39.8 Å². The summed E-state index contributed by atoms with van der Waals surface area (Å²) < 4.78 is 39.4. The van der Waals surface area contributed by atoms with Crippen LogP contribution in [0.25, 0.3) is 0 Å². The molecule has 1 atom stereocenters. The molecule has 0 radical (unpaired) electrons. The number of halogens is 1. The molecule has 1 heterocycles. The van der Waals surface area contributed by atoms with Crippen LogP contribution in [0.4, 0.5) is 10.1 Å². The fourth-order valence-corrected chi connectivity index (χ4v) is 4.99. The molecule has 0 aromatic heterocycles. The second-order valence-corrected chi connectivity index (χ2v) is 10.5. The van der Waals surface area contributed by atoms with E-state index in [1.807, 2.05) is 19.9 Å². The van der Waals surface area contributed by atoms with Gasteiger partial charge in [0.05, 0.1) is 12.3 Å². The minimum atomic E-state index is -3.69. The lowest BCUT2D eigenvalue weighted by atomic mass is 9.93. The lowest BCUT2D eigenvalue weighted by Gasteiger charge is -2.47. The van der Waals surface area contributed by atoms with Gasteiger partial charge < -0.3 is 5.32 Å². The predicted octanol–water partition coefficient (Wildman–Crippen LogP) is 2.52. The minimum absolute atomic E-state index is 0.115. The maximum absolute atomic E-state index is 13.4. The van der Waals surface area contributed by atoms with E-state index in [2.05, 4.69) is 5.32 Å². The van der Waals surface area contributed by atoms with E-state index < -0.39 is 27.4 Å². The summed E-state index contributed by atoms with van der Waals surface area (Å²) in [7, 11) is -3.69. The molecule has 2 aromatic carbocycles. The van der Waals surface area contributed by atoms with Gasteiger partial charge in [0.1, 0.15) is 11.4 Å². The van der Waals surface area contributed by atoms with Crippen LogP contribution in [0.5, 0.6) is 0 Å². The average Bonchev–Trinajstić information content (AvgIpc) is 2.75. The van der Waals surface area contributed by atoms with Crippen molar-refractivity contribution in [2.24, 2.45) is 0 Å². The SMILES string of the molecule is CCS(=O)(=O)N1CC(=O)N(c2cccc(C)c2C)[C@](C)(C(=O)NCc2ccc(F)cc2)C1. The first-order valence-corrected chi connectivity index (χ1v) is 12.0. The van der Waals surface area contributed by atoms with Crippen LogP contribution in [-0.2, 0) is 26.2 Å². The van der Waals surface area contributed by atoms with E-state index in [9.17, 15) is 22.4 Å². The van der Waals surface area contributed by atoms with Crippen molar-refractivity contribution in [3.8, 4) is 0 Å². The number of hydrogen-bond acceptors (Lipinski definition) is 4. The second kappa shape index (κ2) is 8.99. The number of nitrogens with one attached hydrogen (secondary N) is 1. The quantitative estimate of drug-likeness (QED) is 0.716. The zero-order valence-corrected chi connectivity index (χ0v) is 19.5. The average molecular weight is 462 g/mol. The van der Waals surface area contributed by atoms with Crippen molar-refractivity contribution in [1.29, 1.82) is 0 Å². The minimum Gasteiger partial charge on any atom is -0.350 e. The summed E-state index contributed by atoms with van der Waals surface area (Å²) in [6.45, 7) is 6.47. The van der Waals surface area contributed by atoms with Crippen LogP contribution < -0.4 is 10.2 Å². The number of sulfonamides is 1. The number of aryl methyl sites for hydroxylation is 1. The Morgan fingerprint density at radius 3 is 2.44 bits per heavy atom. The van der Waals surface area contributed by atoms with Gasteiger partial charge in [-0.1, -0.05) is 24.3 Å². The number of hydrogen-bond donors (Lipinski definition) is 1. The van der Waals surface area contributed by atoms with E-state index in [-0.39, 0.29) is 31.2 Å². The smallest absolute Gasteiger partial charge is 0.247 e. The van der Waals surface area contributed by atoms with Gasteiger partial charge in [-0.05, 0) is 62.6 Å². The van der Waals surface area contributed by atoms with Gasteiger partial charge in [0.2, 0.25) is 21.8 Å². The Bertz CT molecular complexity index is 1130. The van der Waals surface area contributed by atoms with Crippen molar-refractivity contribution < 1.29 is 22.4 Å². The van der Waals surface area contributed by atoms with Gasteiger partial charge in [0.15, 0.2) is 0 Å². The highest BCUT2D eigenvalue weighted by atomic mass is 32.2. The van der Waals surface area contributed by atoms with Crippen molar-refractivity contribution in [3.05, 3.63) is 65.0 Å². The first-order chi connectivity index (χ1) is 15.0.